The summed E-state index contributed by atoms with van der Waals surface area (Å²) in [7, 11) is 0. The van der Waals surface area contributed by atoms with Gasteiger partial charge in [0, 0.05) is 6.54 Å². The Labute approximate surface area is 144 Å². The molecule has 0 aliphatic heterocycles. The Hall–Kier alpha value is -2.50. The Balaban J connectivity index is 1.85. The van der Waals surface area contributed by atoms with Gasteiger partial charge in [0.1, 0.15) is 5.75 Å². The first-order valence-electron chi connectivity index (χ1n) is 7.92. The van der Waals surface area contributed by atoms with Crippen molar-refractivity contribution in [3.63, 3.8) is 0 Å². The van der Waals surface area contributed by atoms with Gasteiger partial charge in [0.15, 0.2) is 6.61 Å². The van der Waals surface area contributed by atoms with Gasteiger partial charge < -0.3 is 10.1 Å². The van der Waals surface area contributed by atoms with Crippen LogP contribution in [0.5, 0.6) is 5.75 Å². The number of rotatable bonds is 6. The number of carbonyl (C=O) groups is 1. The Morgan fingerprint density at radius 2 is 1.72 bits per heavy atom. The molecular formula is C19H20F3NO2. The Bertz CT molecular complexity index is 709. The summed E-state index contributed by atoms with van der Waals surface area (Å²) >= 11 is 0. The molecule has 0 unspecified atom stereocenters. The average Bonchev–Trinajstić information content (AvgIpc) is 2.58. The Morgan fingerprint density at radius 1 is 1.08 bits per heavy atom. The van der Waals surface area contributed by atoms with E-state index in [4.69, 9.17) is 4.74 Å². The van der Waals surface area contributed by atoms with E-state index in [9.17, 15) is 18.0 Å². The van der Waals surface area contributed by atoms with Crippen LogP contribution in [-0.4, -0.2) is 12.5 Å². The molecule has 0 atom stereocenters. The lowest BCUT2D eigenvalue weighted by molar-refractivity contribution is -0.137. The highest BCUT2D eigenvalue weighted by molar-refractivity contribution is 5.77. The normalized spacial score (nSPS) is 11.4. The molecule has 0 bridgehead atoms. The van der Waals surface area contributed by atoms with Crippen molar-refractivity contribution in [2.75, 3.05) is 6.61 Å². The number of hydrogen-bond acceptors (Lipinski definition) is 2. The van der Waals surface area contributed by atoms with Gasteiger partial charge in [0.2, 0.25) is 0 Å². The van der Waals surface area contributed by atoms with E-state index in [1.165, 1.54) is 12.1 Å². The number of carbonyl (C=O) groups excluding carboxylic acids is 1. The van der Waals surface area contributed by atoms with Gasteiger partial charge in [-0.15, -0.1) is 0 Å². The molecule has 6 heteroatoms. The molecular weight excluding hydrogens is 331 g/mol. The molecule has 2 aromatic carbocycles. The molecule has 0 aliphatic carbocycles. The Morgan fingerprint density at radius 3 is 2.32 bits per heavy atom. The van der Waals surface area contributed by atoms with Gasteiger partial charge >= 0.3 is 6.18 Å². The van der Waals surface area contributed by atoms with Gasteiger partial charge in [-0.2, -0.15) is 13.2 Å². The first-order valence-corrected chi connectivity index (χ1v) is 7.92. The number of benzene rings is 2. The average molecular weight is 351 g/mol. The summed E-state index contributed by atoms with van der Waals surface area (Å²) in [6.45, 7) is 4.07. The largest absolute Gasteiger partial charge is 0.483 e. The van der Waals surface area contributed by atoms with Crippen LogP contribution in [0.1, 0.15) is 36.5 Å². The lowest BCUT2D eigenvalue weighted by Crippen LogP contribution is -2.28. The van der Waals surface area contributed by atoms with Crippen LogP contribution in [0.2, 0.25) is 0 Å². The highest BCUT2D eigenvalue weighted by Gasteiger charge is 2.29. The minimum absolute atomic E-state index is 0.145. The highest BCUT2D eigenvalue weighted by atomic mass is 19.4. The number of para-hydroxylation sites is 1. The number of nitrogens with one attached hydrogen (secondary N) is 1. The SMILES string of the molecule is CC(C)c1ccccc1OCC(=O)NCc1ccc(C(F)(F)F)cc1. The van der Waals surface area contributed by atoms with E-state index in [0.717, 1.165) is 17.7 Å². The molecule has 3 nitrogen and oxygen atoms in total. The zero-order valence-corrected chi connectivity index (χ0v) is 14.1. The fraction of sp³-hybridized carbons (Fsp3) is 0.316. The summed E-state index contributed by atoms with van der Waals surface area (Å²) in [6.07, 6.45) is -4.36. The van der Waals surface area contributed by atoms with Gasteiger partial charge in [0.05, 0.1) is 5.56 Å². The van der Waals surface area contributed by atoms with Crippen LogP contribution in [0, 0.1) is 0 Å². The van der Waals surface area contributed by atoms with Crippen molar-refractivity contribution in [2.45, 2.75) is 32.5 Å². The maximum absolute atomic E-state index is 12.5. The van der Waals surface area contributed by atoms with Crippen LogP contribution in [0.4, 0.5) is 13.2 Å². The van der Waals surface area contributed by atoms with Crippen molar-refractivity contribution in [3.05, 3.63) is 65.2 Å². The van der Waals surface area contributed by atoms with Gasteiger partial charge in [-0.25, -0.2) is 0 Å². The smallest absolute Gasteiger partial charge is 0.416 e. The van der Waals surface area contributed by atoms with Crippen molar-refractivity contribution < 1.29 is 22.7 Å². The molecule has 2 aromatic rings. The monoisotopic (exact) mass is 351 g/mol. The van der Waals surface area contributed by atoms with E-state index >= 15 is 0 Å². The van der Waals surface area contributed by atoms with Gasteiger partial charge in [-0.3, -0.25) is 4.79 Å². The minimum atomic E-state index is -4.36. The summed E-state index contributed by atoms with van der Waals surface area (Å²) in [5.41, 5.74) is 0.887. The van der Waals surface area contributed by atoms with E-state index in [0.29, 0.717) is 11.3 Å². The molecule has 0 saturated heterocycles. The number of ether oxygens (including phenoxy) is 1. The van der Waals surface area contributed by atoms with Crippen molar-refractivity contribution in [2.24, 2.45) is 0 Å². The molecule has 0 saturated carbocycles. The lowest BCUT2D eigenvalue weighted by Gasteiger charge is -2.14. The summed E-state index contributed by atoms with van der Waals surface area (Å²) in [4.78, 5) is 11.9. The molecule has 0 fully saturated rings. The third-order valence-electron chi connectivity index (χ3n) is 3.67. The van der Waals surface area contributed by atoms with Crippen LogP contribution in [0.15, 0.2) is 48.5 Å². The number of alkyl halides is 3. The van der Waals surface area contributed by atoms with Gasteiger partial charge in [-0.05, 0) is 35.2 Å². The molecule has 2 rings (SSSR count). The van der Waals surface area contributed by atoms with E-state index in [1.807, 2.05) is 32.0 Å². The molecule has 0 aliphatic rings. The maximum atomic E-state index is 12.5. The first kappa shape index (κ1) is 18.8. The van der Waals surface area contributed by atoms with Crippen LogP contribution < -0.4 is 10.1 Å². The predicted octanol–water partition coefficient (Wildman–Crippen LogP) is 4.52. The number of amides is 1. The zero-order valence-electron chi connectivity index (χ0n) is 14.1. The van der Waals surface area contributed by atoms with E-state index in [-0.39, 0.29) is 25.0 Å². The molecule has 0 spiro atoms. The van der Waals surface area contributed by atoms with E-state index in [1.54, 1.807) is 6.07 Å². The topological polar surface area (TPSA) is 38.3 Å². The third-order valence-corrected chi connectivity index (χ3v) is 3.67. The molecule has 0 radical (unpaired) electrons. The molecule has 134 valence electrons. The predicted molar refractivity (Wildman–Crippen MR) is 89.3 cm³/mol. The van der Waals surface area contributed by atoms with Gasteiger partial charge in [-0.1, -0.05) is 44.2 Å². The summed E-state index contributed by atoms with van der Waals surface area (Å²) < 4.78 is 43.0. The standard InChI is InChI=1S/C19H20F3NO2/c1-13(2)16-5-3-4-6-17(16)25-12-18(24)23-11-14-7-9-15(10-8-14)19(20,21)22/h3-10,13H,11-12H2,1-2H3,(H,23,24). The Kier molecular flexibility index (Phi) is 6.07. The van der Waals surface area contributed by atoms with Crippen LogP contribution in [0.25, 0.3) is 0 Å². The molecule has 1 amide bonds. The second kappa shape index (κ2) is 8.05. The van der Waals surface area contributed by atoms with Gasteiger partial charge in [0.25, 0.3) is 5.91 Å². The van der Waals surface area contributed by atoms with Crippen LogP contribution in [-0.2, 0) is 17.5 Å². The molecule has 25 heavy (non-hydrogen) atoms. The molecule has 1 N–H and O–H groups in total. The van der Waals surface area contributed by atoms with Crippen LogP contribution >= 0.6 is 0 Å². The third kappa shape index (κ3) is 5.52. The molecule has 0 heterocycles. The number of hydrogen-bond donors (Lipinski definition) is 1. The van der Waals surface area contributed by atoms with E-state index in [2.05, 4.69) is 5.32 Å². The number of halogens is 3. The molecule has 0 aromatic heterocycles. The second-order valence-corrected chi connectivity index (χ2v) is 5.95. The van der Waals surface area contributed by atoms with Crippen molar-refractivity contribution >= 4 is 5.91 Å². The van der Waals surface area contributed by atoms with Crippen molar-refractivity contribution in [1.29, 1.82) is 0 Å². The summed E-state index contributed by atoms with van der Waals surface area (Å²) in [6, 6.07) is 12.2. The summed E-state index contributed by atoms with van der Waals surface area (Å²) in [5.74, 6) is 0.590. The first-order chi connectivity index (χ1) is 11.8. The quantitative estimate of drug-likeness (QED) is 0.831. The maximum Gasteiger partial charge on any atom is 0.416 e. The van der Waals surface area contributed by atoms with Crippen molar-refractivity contribution in [3.8, 4) is 5.75 Å². The fourth-order valence-corrected chi connectivity index (χ4v) is 2.30. The summed E-state index contributed by atoms with van der Waals surface area (Å²) in [5, 5.41) is 2.63. The van der Waals surface area contributed by atoms with Crippen molar-refractivity contribution in [1.82, 2.24) is 5.32 Å². The van der Waals surface area contributed by atoms with E-state index < -0.39 is 11.7 Å². The second-order valence-electron chi connectivity index (χ2n) is 5.95. The highest BCUT2D eigenvalue weighted by Crippen LogP contribution is 2.29. The fourth-order valence-electron chi connectivity index (χ4n) is 2.30. The zero-order chi connectivity index (χ0) is 18.4. The lowest BCUT2D eigenvalue weighted by atomic mass is 10.0. The van der Waals surface area contributed by atoms with Crippen LogP contribution in [0.3, 0.4) is 0 Å². The minimum Gasteiger partial charge on any atom is -0.483 e.